The largest absolute Gasteiger partial charge is 0.313 e. The maximum absolute atomic E-state index is 6.28. The van der Waals surface area contributed by atoms with Crippen molar-refractivity contribution >= 4 is 11.6 Å². The molecule has 1 atom stereocenters. The van der Waals surface area contributed by atoms with Gasteiger partial charge in [-0.05, 0) is 25.6 Å². The van der Waals surface area contributed by atoms with E-state index >= 15 is 0 Å². The third-order valence-corrected chi connectivity index (χ3v) is 3.24. The molecule has 0 spiro atoms. The van der Waals surface area contributed by atoms with Crippen molar-refractivity contribution in [3.8, 4) is 11.3 Å². The topological polar surface area (TPSA) is 42.7 Å². The van der Waals surface area contributed by atoms with Gasteiger partial charge >= 0.3 is 0 Å². The van der Waals surface area contributed by atoms with Crippen molar-refractivity contribution in [2.24, 2.45) is 7.05 Å². The molecule has 2 aromatic rings. The third-order valence-electron chi connectivity index (χ3n) is 2.91. The van der Waals surface area contributed by atoms with E-state index in [4.69, 9.17) is 11.6 Å². The van der Waals surface area contributed by atoms with Gasteiger partial charge in [-0.1, -0.05) is 28.9 Å². The second kappa shape index (κ2) is 4.85. The summed E-state index contributed by atoms with van der Waals surface area (Å²) in [5.41, 5.74) is 3.07. The van der Waals surface area contributed by atoms with Crippen LogP contribution in [0.4, 0.5) is 0 Å². The number of nitrogens with zero attached hydrogens (tertiary/aromatic N) is 3. The van der Waals surface area contributed by atoms with Crippen molar-refractivity contribution in [2.75, 3.05) is 7.05 Å². The van der Waals surface area contributed by atoms with Gasteiger partial charge in [0, 0.05) is 23.7 Å². The van der Waals surface area contributed by atoms with E-state index in [1.54, 1.807) is 10.9 Å². The SMILES string of the molecule is CNC(C)c1ccc(-c2cnnn2C)cc1Cl. The number of hydrogen-bond donors (Lipinski definition) is 1. The van der Waals surface area contributed by atoms with E-state index in [9.17, 15) is 0 Å². The molecule has 1 heterocycles. The van der Waals surface area contributed by atoms with Crippen LogP contribution in [-0.4, -0.2) is 22.0 Å². The fraction of sp³-hybridized carbons (Fsp3) is 0.333. The van der Waals surface area contributed by atoms with Crippen molar-refractivity contribution in [2.45, 2.75) is 13.0 Å². The molecule has 0 saturated heterocycles. The van der Waals surface area contributed by atoms with Crippen molar-refractivity contribution in [1.82, 2.24) is 20.3 Å². The lowest BCUT2D eigenvalue weighted by Gasteiger charge is -2.13. The Morgan fingerprint density at radius 1 is 1.41 bits per heavy atom. The Morgan fingerprint density at radius 3 is 2.71 bits per heavy atom. The number of halogens is 1. The summed E-state index contributed by atoms with van der Waals surface area (Å²) in [6.07, 6.45) is 1.73. The van der Waals surface area contributed by atoms with Crippen molar-refractivity contribution in [1.29, 1.82) is 0 Å². The quantitative estimate of drug-likeness (QED) is 0.910. The van der Waals surface area contributed by atoms with Gasteiger partial charge in [0.15, 0.2) is 0 Å². The third kappa shape index (κ3) is 2.33. The average molecular weight is 251 g/mol. The molecule has 0 aliphatic heterocycles. The number of benzene rings is 1. The molecule has 1 N–H and O–H groups in total. The van der Waals surface area contributed by atoms with Gasteiger partial charge in [0.2, 0.25) is 0 Å². The van der Waals surface area contributed by atoms with Gasteiger partial charge in [0.05, 0.1) is 11.9 Å². The fourth-order valence-electron chi connectivity index (χ4n) is 1.74. The zero-order valence-electron chi connectivity index (χ0n) is 10.1. The molecule has 1 unspecified atom stereocenters. The molecule has 90 valence electrons. The van der Waals surface area contributed by atoms with Crippen LogP contribution in [0.15, 0.2) is 24.4 Å². The highest BCUT2D eigenvalue weighted by Gasteiger charge is 2.10. The van der Waals surface area contributed by atoms with Crippen LogP contribution >= 0.6 is 11.6 Å². The lowest BCUT2D eigenvalue weighted by molar-refractivity contribution is 0.652. The number of aryl methyl sites for hydroxylation is 1. The molecule has 2 rings (SSSR count). The Bertz CT molecular complexity index is 521. The highest BCUT2D eigenvalue weighted by atomic mass is 35.5. The second-order valence-electron chi connectivity index (χ2n) is 3.99. The van der Waals surface area contributed by atoms with E-state index in [2.05, 4.69) is 22.6 Å². The molecule has 0 saturated carbocycles. The Balaban J connectivity index is 2.41. The van der Waals surface area contributed by atoms with Gasteiger partial charge in [0.1, 0.15) is 0 Å². The van der Waals surface area contributed by atoms with Crippen LogP contribution in [0.1, 0.15) is 18.5 Å². The number of rotatable bonds is 3. The highest BCUT2D eigenvalue weighted by Crippen LogP contribution is 2.28. The molecule has 1 aromatic heterocycles. The first-order valence-electron chi connectivity index (χ1n) is 5.45. The van der Waals surface area contributed by atoms with E-state index in [1.807, 2.05) is 32.3 Å². The Morgan fingerprint density at radius 2 is 2.18 bits per heavy atom. The molecule has 0 aliphatic rings. The summed E-state index contributed by atoms with van der Waals surface area (Å²) in [5.74, 6) is 0. The molecule has 0 bridgehead atoms. The lowest BCUT2D eigenvalue weighted by Crippen LogP contribution is -2.12. The first kappa shape index (κ1) is 12.1. The van der Waals surface area contributed by atoms with E-state index < -0.39 is 0 Å². The Labute approximate surface area is 106 Å². The monoisotopic (exact) mass is 250 g/mol. The molecule has 17 heavy (non-hydrogen) atoms. The van der Waals surface area contributed by atoms with E-state index in [1.165, 1.54) is 0 Å². The second-order valence-corrected chi connectivity index (χ2v) is 4.40. The molecular weight excluding hydrogens is 236 g/mol. The van der Waals surface area contributed by atoms with Gasteiger partial charge < -0.3 is 5.32 Å². The van der Waals surface area contributed by atoms with Crippen LogP contribution in [0.3, 0.4) is 0 Å². The lowest BCUT2D eigenvalue weighted by atomic mass is 10.0. The number of nitrogens with one attached hydrogen (secondary N) is 1. The van der Waals surface area contributed by atoms with Crippen LogP contribution in [-0.2, 0) is 7.05 Å². The molecule has 4 nitrogen and oxygen atoms in total. The zero-order chi connectivity index (χ0) is 12.4. The molecule has 0 amide bonds. The molecule has 1 aromatic carbocycles. The average Bonchev–Trinajstić information content (AvgIpc) is 2.74. The predicted molar refractivity (Wildman–Crippen MR) is 68.9 cm³/mol. The van der Waals surface area contributed by atoms with Crippen molar-refractivity contribution < 1.29 is 0 Å². The minimum Gasteiger partial charge on any atom is -0.313 e. The molecule has 5 heteroatoms. The Kier molecular flexibility index (Phi) is 3.45. The predicted octanol–water partition coefficient (Wildman–Crippen LogP) is 2.42. The first-order valence-corrected chi connectivity index (χ1v) is 5.83. The van der Waals surface area contributed by atoms with Gasteiger partial charge in [-0.25, -0.2) is 4.68 Å². The summed E-state index contributed by atoms with van der Waals surface area (Å²) in [5, 5.41) is 11.7. The normalized spacial score (nSPS) is 12.7. The summed E-state index contributed by atoms with van der Waals surface area (Å²) in [6, 6.07) is 6.25. The van der Waals surface area contributed by atoms with Gasteiger partial charge in [-0.15, -0.1) is 5.10 Å². The van der Waals surface area contributed by atoms with E-state index in [-0.39, 0.29) is 6.04 Å². The summed E-state index contributed by atoms with van der Waals surface area (Å²) in [7, 11) is 3.78. The molecule has 0 aliphatic carbocycles. The maximum Gasteiger partial charge on any atom is 0.0882 e. The van der Waals surface area contributed by atoms with Crippen LogP contribution in [0.25, 0.3) is 11.3 Å². The molecule has 0 fully saturated rings. The van der Waals surface area contributed by atoms with Crippen LogP contribution < -0.4 is 5.32 Å². The maximum atomic E-state index is 6.28. The minimum absolute atomic E-state index is 0.237. The zero-order valence-corrected chi connectivity index (χ0v) is 10.9. The van der Waals surface area contributed by atoms with Crippen molar-refractivity contribution in [3.63, 3.8) is 0 Å². The Hall–Kier alpha value is -1.39. The fourth-order valence-corrected chi connectivity index (χ4v) is 2.09. The summed E-state index contributed by atoms with van der Waals surface area (Å²) >= 11 is 6.28. The first-order chi connectivity index (χ1) is 8.13. The van der Waals surface area contributed by atoms with Gasteiger partial charge in [-0.3, -0.25) is 0 Å². The molecular formula is C12H15ClN4. The van der Waals surface area contributed by atoms with Crippen LogP contribution in [0.5, 0.6) is 0 Å². The highest BCUT2D eigenvalue weighted by molar-refractivity contribution is 6.31. The smallest absolute Gasteiger partial charge is 0.0882 e. The minimum atomic E-state index is 0.237. The van der Waals surface area contributed by atoms with E-state index in [0.717, 1.165) is 21.8 Å². The van der Waals surface area contributed by atoms with Gasteiger partial charge in [0.25, 0.3) is 0 Å². The summed E-state index contributed by atoms with van der Waals surface area (Å²) < 4.78 is 1.73. The summed E-state index contributed by atoms with van der Waals surface area (Å²) in [4.78, 5) is 0. The van der Waals surface area contributed by atoms with E-state index in [0.29, 0.717) is 0 Å². The van der Waals surface area contributed by atoms with Crippen molar-refractivity contribution in [3.05, 3.63) is 35.0 Å². The molecule has 0 radical (unpaired) electrons. The number of aromatic nitrogens is 3. The van der Waals surface area contributed by atoms with Crippen LogP contribution in [0.2, 0.25) is 5.02 Å². The number of hydrogen-bond acceptors (Lipinski definition) is 3. The summed E-state index contributed by atoms with van der Waals surface area (Å²) in [6.45, 7) is 2.08. The van der Waals surface area contributed by atoms with Crippen LogP contribution in [0, 0.1) is 0 Å². The standard InChI is InChI=1S/C12H15ClN4/c1-8(14-2)10-5-4-9(6-11(10)13)12-7-15-16-17(12)3/h4-8,14H,1-3H3. The van der Waals surface area contributed by atoms with Gasteiger partial charge in [-0.2, -0.15) is 0 Å².